The summed E-state index contributed by atoms with van der Waals surface area (Å²) in [5.41, 5.74) is 6.18. The van der Waals surface area contributed by atoms with Gasteiger partial charge >= 0.3 is 0 Å². The molecule has 0 atom stereocenters. The zero-order chi connectivity index (χ0) is 14.2. The maximum Gasteiger partial charge on any atom is 0.246 e. The molecule has 0 aliphatic heterocycles. The Labute approximate surface area is 121 Å². The van der Waals surface area contributed by atoms with E-state index in [0.717, 1.165) is 25.7 Å². The van der Waals surface area contributed by atoms with E-state index in [1.54, 1.807) is 12.1 Å². The lowest BCUT2D eigenvalue weighted by Gasteiger charge is -2.17. The largest absolute Gasteiger partial charge is 0.337 e. The molecule has 0 amide bonds. The van der Waals surface area contributed by atoms with Crippen LogP contribution in [0.15, 0.2) is 22.7 Å². The molecule has 1 fully saturated rings. The number of halogens is 2. The van der Waals surface area contributed by atoms with Gasteiger partial charge in [-0.25, -0.2) is 4.39 Å². The van der Waals surface area contributed by atoms with E-state index in [-0.39, 0.29) is 11.4 Å². The number of nitrogens with zero attached hydrogens (tertiary/aromatic N) is 2. The fourth-order valence-corrected chi connectivity index (χ4v) is 2.80. The molecular formula is C14H15ClFN3O. The summed E-state index contributed by atoms with van der Waals surface area (Å²) in [7, 11) is 0. The Bertz CT molecular complexity index is 623. The molecule has 0 bridgehead atoms. The molecule has 1 saturated carbocycles. The molecule has 2 aromatic rings. The van der Waals surface area contributed by atoms with Crippen molar-refractivity contribution in [3.63, 3.8) is 0 Å². The van der Waals surface area contributed by atoms with Crippen molar-refractivity contribution in [2.45, 2.75) is 37.6 Å². The highest BCUT2D eigenvalue weighted by Gasteiger charge is 2.36. The van der Waals surface area contributed by atoms with Crippen LogP contribution in [0.5, 0.6) is 0 Å². The van der Waals surface area contributed by atoms with Crippen molar-refractivity contribution in [3.8, 4) is 0 Å². The van der Waals surface area contributed by atoms with E-state index in [1.165, 1.54) is 6.07 Å². The first kappa shape index (κ1) is 13.5. The van der Waals surface area contributed by atoms with Gasteiger partial charge in [0.1, 0.15) is 5.82 Å². The van der Waals surface area contributed by atoms with E-state index in [4.69, 9.17) is 21.9 Å². The number of hydrogen-bond acceptors (Lipinski definition) is 4. The van der Waals surface area contributed by atoms with Crippen molar-refractivity contribution in [2.75, 3.05) is 0 Å². The molecule has 0 saturated heterocycles. The van der Waals surface area contributed by atoms with Gasteiger partial charge in [-0.05, 0) is 24.5 Å². The fourth-order valence-electron chi connectivity index (χ4n) is 2.60. The van der Waals surface area contributed by atoms with Gasteiger partial charge in [-0.1, -0.05) is 41.7 Å². The topological polar surface area (TPSA) is 64.9 Å². The van der Waals surface area contributed by atoms with Crippen molar-refractivity contribution in [1.29, 1.82) is 0 Å². The van der Waals surface area contributed by atoms with Gasteiger partial charge in [-0.3, -0.25) is 0 Å². The third-order valence-corrected chi connectivity index (χ3v) is 4.06. The predicted octanol–water partition coefficient (Wildman–Crippen LogP) is 3.18. The first-order valence-electron chi connectivity index (χ1n) is 6.63. The van der Waals surface area contributed by atoms with Gasteiger partial charge in [0.05, 0.1) is 10.6 Å². The van der Waals surface area contributed by atoms with Crippen molar-refractivity contribution >= 4 is 11.6 Å². The summed E-state index contributed by atoms with van der Waals surface area (Å²) in [4.78, 5) is 4.32. The minimum Gasteiger partial charge on any atom is -0.337 e. The number of benzene rings is 1. The molecule has 106 valence electrons. The highest BCUT2D eigenvalue weighted by atomic mass is 35.5. The second kappa shape index (κ2) is 5.14. The van der Waals surface area contributed by atoms with Gasteiger partial charge in [-0.2, -0.15) is 4.98 Å². The maximum absolute atomic E-state index is 13.8. The van der Waals surface area contributed by atoms with Crippen LogP contribution in [-0.2, 0) is 12.0 Å². The Morgan fingerprint density at radius 1 is 1.35 bits per heavy atom. The maximum atomic E-state index is 13.8. The summed E-state index contributed by atoms with van der Waals surface area (Å²) in [5, 5.41) is 3.99. The first-order valence-corrected chi connectivity index (χ1v) is 7.01. The van der Waals surface area contributed by atoms with Gasteiger partial charge in [0.2, 0.25) is 5.89 Å². The van der Waals surface area contributed by atoms with Crippen molar-refractivity contribution in [2.24, 2.45) is 5.73 Å². The smallest absolute Gasteiger partial charge is 0.246 e. The Morgan fingerprint density at radius 3 is 2.85 bits per heavy atom. The summed E-state index contributed by atoms with van der Waals surface area (Å²) in [6.45, 7) is 0. The van der Waals surface area contributed by atoms with Crippen LogP contribution in [0.25, 0.3) is 0 Å². The first-order chi connectivity index (χ1) is 9.58. The lowest BCUT2D eigenvalue weighted by atomic mass is 9.99. The van der Waals surface area contributed by atoms with E-state index in [9.17, 15) is 4.39 Å². The van der Waals surface area contributed by atoms with E-state index >= 15 is 0 Å². The minimum absolute atomic E-state index is 0.0947. The Kier molecular flexibility index (Phi) is 3.48. The van der Waals surface area contributed by atoms with Crippen LogP contribution in [0.2, 0.25) is 5.02 Å². The Balaban J connectivity index is 1.82. The Hall–Kier alpha value is -1.46. The molecule has 4 nitrogen and oxygen atoms in total. The van der Waals surface area contributed by atoms with E-state index in [1.807, 2.05) is 0 Å². The lowest BCUT2D eigenvalue weighted by molar-refractivity contribution is 0.284. The summed E-state index contributed by atoms with van der Waals surface area (Å²) < 4.78 is 19.1. The molecule has 6 heteroatoms. The van der Waals surface area contributed by atoms with Gasteiger partial charge in [0, 0.05) is 6.42 Å². The van der Waals surface area contributed by atoms with Crippen LogP contribution >= 0.6 is 11.6 Å². The average Bonchev–Trinajstić information content (AvgIpc) is 3.05. The lowest BCUT2D eigenvalue weighted by Crippen LogP contribution is -2.33. The van der Waals surface area contributed by atoms with E-state index in [0.29, 0.717) is 17.3 Å². The number of aromatic nitrogens is 2. The zero-order valence-corrected chi connectivity index (χ0v) is 11.7. The number of rotatable bonds is 3. The number of hydrogen-bond donors (Lipinski definition) is 1. The van der Waals surface area contributed by atoms with Gasteiger partial charge in [-0.15, -0.1) is 0 Å². The summed E-state index contributed by atoms with van der Waals surface area (Å²) in [5.74, 6) is 0.439. The molecule has 0 radical (unpaired) electrons. The zero-order valence-electron chi connectivity index (χ0n) is 10.9. The van der Waals surface area contributed by atoms with Crippen molar-refractivity contribution < 1.29 is 8.91 Å². The standard InChI is InChI=1S/C14H15ClFN3O/c15-10-5-3-4-9(12(10)16)8-11-18-13(20-19-11)14(17)6-1-2-7-14/h3-5H,1-2,6-8,17H2. The van der Waals surface area contributed by atoms with Crippen LogP contribution in [0.3, 0.4) is 0 Å². The summed E-state index contributed by atoms with van der Waals surface area (Å²) >= 11 is 5.75. The highest BCUT2D eigenvalue weighted by Crippen LogP contribution is 2.35. The Morgan fingerprint density at radius 2 is 2.10 bits per heavy atom. The second-order valence-electron chi connectivity index (χ2n) is 5.27. The molecule has 0 unspecified atom stereocenters. The van der Waals surface area contributed by atoms with E-state index in [2.05, 4.69) is 10.1 Å². The van der Waals surface area contributed by atoms with Crippen molar-refractivity contribution in [1.82, 2.24) is 10.1 Å². The third kappa shape index (κ3) is 2.43. The molecule has 3 rings (SSSR count). The molecule has 1 aromatic heterocycles. The molecule has 1 aliphatic carbocycles. The molecule has 1 heterocycles. The molecule has 1 aliphatic rings. The van der Waals surface area contributed by atoms with Crippen LogP contribution < -0.4 is 5.73 Å². The molecule has 1 aromatic carbocycles. The highest BCUT2D eigenvalue weighted by molar-refractivity contribution is 6.30. The quantitative estimate of drug-likeness (QED) is 0.944. The minimum atomic E-state index is -0.516. The monoisotopic (exact) mass is 295 g/mol. The average molecular weight is 296 g/mol. The van der Waals surface area contributed by atoms with E-state index < -0.39 is 11.4 Å². The molecule has 2 N–H and O–H groups in total. The summed E-state index contributed by atoms with van der Waals surface area (Å²) in [6.07, 6.45) is 4.07. The van der Waals surface area contributed by atoms with Gasteiger partial charge < -0.3 is 10.3 Å². The van der Waals surface area contributed by atoms with Crippen LogP contribution in [0.4, 0.5) is 4.39 Å². The van der Waals surface area contributed by atoms with Gasteiger partial charge in [0.15, 0.2) is 5.82 Å². The molecular weight excluding hydrogens is 281 g/mol. The normalized spacial score (nSPS) is 17.6. The van der Waals surface area contributed by atoms with Crippen LogP contribution in [0.1, 0.15) is 43.0 Å². The van der Waals surface area contributed by atoms with Crippen LogP contribution in [0, 0.1) is 5.82 Å². The fraction of sp³-hybridized carbons (Fsp3) is 0.429. The predicted molar refractivity (Wildman–Crippen MR) is 72.8 cm³/mol. The van der Waals surface area contributed by atoms with Gasteiger partial charge in [0.25, 0.3) is 0 Å². The molecule has 20 heavy (non-hydrogen) atoms. The summed E-state index contributed by atoms with van der Waals surface area (Å²) in [6, 6.07) is 4.86. The molecule has 0 spiro atoms. The number of nitrogens with two attached hydrogens (primary N) is 1. The SMILES string of the molecule is NC1(c2nc(Cc3cccc(Cl)c3F)no2)CCCC1. The second-order valence-corrected chi connectivity index (χ2v) is 5.68. The van der Waals surface area contributed by atoms with Crippen molar-refractivity contribution in [3.05, 3.63) is 46.3 Å². The van der Waals surface area contributed by atoms with Crippen LogP contribution in [-0.4, -0.2) is 10.1 Å². The third-order valence-electron chi connectivity index (χ3n) is 3.77.